The number of nitrogen functional groups attached to an aromatic ring is 1. The van der Waals surface area contributed by atoms with Gasteiger partial charge in [0.15, 0.2) is 11.5 Å². The van der Waals surface area contributed by atoms with Crippen molar-refractivity contribution < 1.29 is 0 Å². The van der Waals surface area contributed by atoms with Crippen molar-refractivity contribution in [2.45, 2.75) is 19.8 Å². The van der Waals surface area contributed by atoms with Gasteiger partial charge in [-0.15, -0.1) is 0 Å². The van der Waals surface area contributed by atoms with Gasteiger partial charge < -0.3 is 10.3 Å². The van der Waals surface area contributed by atoms with Gasteiger partial charge in [0.05, 0.1) is 6.33 Å². The largest absolute Gasteiger partial charge is 0.382 e. The Hall–Kier alpha value is -1.65. The first-order valence-electron chi connectivity index (χ1n) is 4.65. The summed E-state index contributed by atoms with van der Waals surface area (Å²) in [6.45, 7) is 2.09. The molecule has 0 aliphatic carbocycles. The van der Waals surface area contributed by atoms with Crippen LogP contribution >= 0.6 is 0 Å². The Bertz CT molecular complexity index is 459. The van der Waals surface area contributed by atoms with Gasteiger partial charge in [-0.1, -0.05) is 6.92 Å². The van der Waals surface area contributed by atoms with Crippen LogP contribution in [-0.4, -0.2) is 19.5 Å². The van der Waals surface area contributed by atoms with Crippen LogP contribution in [-0.2, 0) is 13.5 Å². The van der Waals surface area contributed by atoms with E-state index in [2.05, 4.69) is 21.9 Å². The van der Waals surface area contributed by atoms with Crippen LogP contribution in [0.3, 0.4) is 0 Å². The number of nitrogens with zero attached hydrogens (tertiary/aromatic N) is 4. The van der Waals surface area contributed by atoms with Crippen molar-refractivity contribution in [3.05, 3.63) is 12.2 Å². The number of imidazole rings is 1. The van der Waals surface area contributed by atoms with Crippen molar-refractivity contribution >= 4 is 17.0 Å². The molecule has 2 aromatic rings. The van der Waals surface area contributed by atoms with Crippen molar-refractivity contribution in [1.29, 1.82) is 0 Å². The van der Waals surface area contributed by atoms with E-state index in [0.717, 1.165) is 24.3 Å². The number of fused-ring (bicyclic) bond motifs is 1. The highest BCUT2D eigenvalue weighted by Gasteiger charge is 2.08. The van der Waals surface area contributed by atoms with Crippen molar-refractivity contribution in [3.63, 3.8) is 0 Å². The molecule has 5 heteroatoms. The molecular formula is C9H13N5. The van der Waals surface area contributed by atoms with Crippen molar-refractivity contribution in [2.75, 3.05) is 5.73 Å². The van der Waals surface area contributed by atoms with Gasteiger partial charge >= 0.3 is 0 Å². The lowest BCUT2D eigenvalue weighted by Gasteiger charge is -2.00. The fourth-order valence-electron chi connectivity index (χ4n) is 1.41. The Kier molecular flexibility index (Phi) is 2.07. The molecule has 0 atom stereocenters. The third-order valence-corrected chi connectivity index (χ3v) is 2.11. The summed E-state index contributed by atoms with van der Waals surface area (Å²) in [6.07, 6.45) is 3.57. The third kappa shape index (κ3) is 1.30. The molecule has 0 saturated carbocycles. The van der Waals surface area contributed by atoms with E-state index >= 15 is 0 Å². The maximum absolute atomic E-state index is 5.77. The Morgan fingerprint density at radius 1 is 1.43 bits per heavy atom. The number of anilines is 1. The van der Waals surface area contributed by atoms with E-state index in [4.69, 9.17) is 5.73 Å². The van der Waals surface area contributed by atoms with Gasteiger partial charge in [0.2, 0.25) is 0 Å². The van der Waals surface area contributed by atoms with E-state index < -0.39 is 0 Å². The molecule has 14 heavy (non-hydrogen) atoms. The second kappa shape index (κ2) is 3.25. The zero-order chi connectivity index (χ0) is 10.1. The van der Waals surface area contributed by atoms with Crippen LogP contribution in [0.4, 0.5) is 5.82 Å². The van der Waals surface area contributed by atoms with Gasteiger partial charge in [-0.2, -0.15) is 0 Å². The molecule has 2 aromatic heterocycles. The molecule has 0 bridgehead atoms. The molecule has 0 saturated heterocycles. The molecule has 2 N–H and O–H groups in total. The van der Waals surface area contributed by atoms with Crippen LogP contribution in [0.1, 0.15) is 19.2 Å². The standard InChI is InChI=1S/C9H13N5/c1-3-4-6-12-8(10)7-9(13-6)14(2)5-11-7/h5H,3-4H2,1-2H3,(H2,10,12,13). The first-order valence-corrected chi connectivity index (χ1v) is 4.65. The van der Waals surface area contributed by atoms with Gasteiger partial charge in [0.25, 0.3) is 0 Å². The van der Waals surface area contributed by atoms with Crippen molar-refractivity contribution in [1.82, 2.24) is 19.5 Å². The Balaban J connectivity index is 2.63. The molecule has 0 aromatic carbocycles. The second-order valence-electron chi connectivity index (χ2n) is 3.30. The molecule has 0 unspecified atom stereocenters. The SMILES string of the molecule is CCCc1nc(N)c2ncn(C)c2n1. The fourth-order valence-corrected chi connectivity index (χ4v) is 1.41. The van der Waals surface area contributed by atoms with E-state index in [1.54, 1.807) is 6.33 Å². The van der Waals surface area contributed by atoms with Gasteiger partial charge in [-0.3, -0.25) is 0 Å². The predicted molar refractivity (Wildman–Crippen MR) is 54.7 cm³/mol. The Morgan fingerprint density at radius 3 is 2.93 bits per heavy atom. The van der Waals surface area contributed by atoms with Crippen molar-refractivity contribution in [3.8, 4) is 0 Å². The van der Waals surface area contributed by atoms with E-state index in [1.165, 1.54) is 0 Å². The molecule has 0 spiro atoms. The number of nitrogens with two attached hydrogens (primary N) is 1. The van der Waals surface area contributed by atoms with E-state index in [0.29, 0.717) is 11.3 Å². The number of aromatic nitrogens is 4. The number of hydrogen-bond acceptors (Lipinski definition) is 4. The summed E-state index contributed by atoms with van der Waals surface area (Å²) in [5, 5.41) is 0. The average Bonchev–Trinajstić information content (AvgIpc) is 2.49. The lowest BCUT2D eigenvalue weighted by atomic mass is 10.3. The fraction of sp³-hybridized carbons (Fsp3) is 0.444. The number of rotatable bonds is 2. The van der Waals surface area contributed by atoms with Gasteiger partial charge in [0, 0.05) is 13.5 Å². The Labute approximate surface area is 82.0 Å². The van der Waals surface area contributed by atoms with Crippen LogP contribution in [0.5, 0.6) is 0 Å². The minimum atomic E-state index is 0.471. The van der Waals surface area contributed by atoms with E-state index in [1.807, 2.05) is 11.6 Å². The molecule has 0 fully saturated rings. The first-order chi connectivity index (χ1) is 6.72. The minimum absolute atomic E-state index is 0.471. The van der Waals surface area contributed by atoms with Crippen LogP contribution in [0, 0.1) is 0 Å². The third-order valence-electron chi connectivity index (χ3n) is 2.11. The topological polar surface area (TPSA) is 69.6 Å². The molecule has 0 radical (unpaired) electrons. The molecular weight excluding hydrogens is 178 g/mol. The monoisotopic (exact) mass is 191 g/mol. The predicted octanol–water partition coefficient (Wildman–Crippen LogP) is 0.898. The van der Waals surface area contributed by atoms with Crippen LogP contribution in [0.2, 0.25) is 0 Å². The highest BCUT2D eigenvalue weighted by atomic mass is 15.1. The molecule has 0 aliphatic rings. The lowest BCUT2D eigenvalue weighted by molar-refractivity contribution is 0.833. The molecule has 74 valence electrons. The highest BCUT2D eigenvalue weighted by molar-refractivity contribution is 5.81. The smallest absolute Gasteiger partial charge is 0.165 e. The summed E-state index contributed by atoms with van der Waals surface area (Å²) >= 11 is 0. The zero-order valence-corrected chi connectivity index (χ0v) is 8.36. The van der Waals surface area contributed by atoms with E-state index in [-0.39, 0.29) is 0 Å². The highest BCUT2D eigenvalue weighted by Crippen LogP contribution is 2.15. The summed E-state index contributed by atoms with van der Waals surface area (Å²) in [5.41, 5.74) is 7.27. The van der Waals surface area contributed by atoms with Crippen LogP contribution in [0.25, 0.3) is 11.2 Å². The number of aryl methyl sites for hydroxylation is 2. The van der Waals surface area contributed by atoms with Crippen LogP contribution in [0.15, 0.2) is 6.33 Å². The number of hydrogen-bond donors (Lipinski definition) is 1. The second-order valence-corrected chi connectivity index (χ2v) is 3.30. The summed E-state index contributed by atoms with van der Waals surface area (Å²) < 4.78 is 1.85. The summed E-state index contributed by atoms with van der Waals surface area (Å²) in [6, 6.07) is 0. The first kappa shape index (κ1) is 8.93. The minimum Gasteiger partial charge on any atom is -0.382 e. The van der Waals surface area contributed by atoms with Gasteiger partial charge in [0.1, 0.15) is 11.3 Å². The van der Waals surface area contributed by atoms with Gasteiger partial charge in [-0.25, -0.2) is 15.0 Å². The maximum atomic E-state index is 5.77. The molecule has 0 aliphatic heterocycles. The lowest BCUT2D eigenvalue weighted by Crippen LogP contribution is -2.02. The molecule has 5 nitrogen and oxygen atoms in total. The summed E-state index contributed by atoms with van der Waals surface area (Å²) in [7, 11) is 1.90. The summed E-state index contributed by atoms with van der Waals surface area (Å²) in [4.78, 5) is 12.7. The Morgan fingerprint density at radius 2 is 2.21 bits per heavy atom. The molecule has 0 amide bonds. The van der Waals surface area contributed by atoms with Crippen molar-refractivity contribution in [2.24, 2.45) is 7.05 Å². The normalized spacial score (nSPS) is 11.0. The average molecular weight is 191 g/mol. The molecule has 2 heterocycles. The molecule has 2 rings (SSSR count). The maximum Gasteiger partial charge on any atom is 0.165 e. The quantitative estimate of drug-likeness (QED) is 0.765. The van der Waals surface area contributed by atoms with E-state index in [9.17, 15) is 0 Å². The van der Waals surface area contributed by atoms with Gasteiger partial charge in [-0.05, 0) is 6.42 Å². The zero-order valence-electron chi connectivity index (χ0n) is 8.36. The summed E-state index contributed by atoms with van der Waals surface area (Å²) in [5.74, 6) is 1.26. The van der Waals surface area contributed by atoms with Crippen LogP contribution < -0.4 is 5.73 Å².